The topological polar surface area (TPSA) is 18.5 Å². The minimum absolute atomic E-state index is 0.0893. The quantitative estimate of drug-likeness (QED) is 0.272. The molecule has 3 aliphatic rings. The van der Waals surface area contributed by atoms with Gasteiger partial charge >= 0.3 is 0 Å². The number of unbranched alkanes of at least 4 members (excludes halogenated alkanes) is 3. The first kappa shape index (κ1) is 23.3. The van der Waals surface area contributed by atoms with Gasteiger partial charge < -0.3 is 9.47 Å². The molecule has 0 bridgehead atoms. The monoisotopic (exact) mass is 404 g/mol. The number of hydrogen-bond donors (Lipinski definition) is 0. The van der Waals surface area contributed by atoms with Crippen molar-refractivity contribution >= 4 is 0 Å². The van der Waals surface area contributed by atoms with Crippen molar-refractivity contribution in [3.63, 3.8) is 0 Å². The lowest BCUT2D eigenvalue weighted by Gasteiger charge is -2.37. The van der Waals surface area contributed by atoms with Gasteiger partial charge in [-0.1, -0.05) is 71.3 Å². The maximum atomic E-state index is 5.93. The first-order valence-corrected chi connectivity index (χ1v) is 13.2. The third-order valence-corrected chi connectivity index (χ3v) is 8.09. The lowest BCUT2D eigenvalue weighted by Crippen LogP contribution is -2.31. The van der Waals surface area contributed by atoms with Crippen molar-refractivity contribution in [3.05, 3.63) is 12.2 Å². The molecule has 29 heavy (non-hydrogen) atoms. The Bertz CT molecular complexity index is 435. The number of ether oxygens (including phenoxy) is 2. The Hall–Kier alpha value is -0.340. The van der Waals surface area contributed by atoms with E-state index < -0.39 is 0 Å². The van der Waals surface area contributed by atoms with Crippen molar-refractivity contribution in [2.45, 2.75) is 116 Å². The summed E-state index contributed by atoms with van der Waals surface area (Å²) in [5.74, 6) is 4.46. The largest absolute Gasteiger partial charge is 0.349 e. The maximum Gasteiger partial charge on any atom is 0.176 e. The van der Waals surface area contributed by atoms with Gasteiger partial charge in [0.2, 0.25) is 0 Å². The molecule has 2 heteroatoms. The van der Waals surface area contributed by atoms with Gasteiger partial charge in [0, 0.05) is 5.92 Å². The van der Waals surface area contributed by atoms with Gasteiger partial charge in [-0.15, -0.1) is 0 Å². The summed E-state index contributed by atoms with van der Waals surface area (Å²) in [5, 5.41) is 0. The highest BCUT2D eigenvalue weighted by atomic mass is 16.7. The SMILES string of the molecule is CCCCCC1CCC(C2CCC(/C=C/C3OCC(CCCC)CO3)CC2)CC1. The van der Waals surface area contributed by atoms with E-state index in [4.69, 9.17) is 9.47 Å². The molecule has 1 aliphatic heterocycles. The molecule has 168 valence electrons. The molecule has 3 fully saturated rings. The molecule has 2 nitrogen and oxygen atoms in total. The molecule has 3 rings (SSSR count). The van der Waals surface area contributed by atoms with Gasteiger partial charge in [-0.25, -0.2) is 0 Å². The molecule has 0 unspecified atom stereocenters. The van der Waals surface area contributed by atoms with Gasteiger partial charge in [-0.05, 0) is 74.7 Å². The third-order valence-electron chi connectivity index (χ3n) is 8.09. The van der Waals surface area contributed by atoms with Gasteiger partial charge in [-0.2, -0.15) is 0 Å². The fourth-order valence-corrected chi connectivity index (χ4v) is 6.02. The van der Waals surface area contributed by atoms with Crippen LogP contribution in [0.2, 0.25) is 0 Å². The molecule has 0 aromatic carbocycles. The van der Waals surface area contributed by atoms with E-state index in [0.29, 0.717) is 5.92 Å². The summed E-state index contributed by atoms with van der Waals surface area (Å²) in [4.78, 5) is 0. The Balaban J connectivity index is 1.28. The van der Waals surface area contributed by atoms with Gasteiger partial charge in [0.15, 0.2) is 6.29 Å². The number of hydrogen-bond acceptors (Lipinski definition) is 2. The molecule has 0 amide bonds. The van der Waals surface area contributed by atoms with E-state index in [2.05, 4.69) is 26.0 Å². The van der Waals surface area contributed by atoms with Crippen LogP contribution in [0.25, 0.3) is 0 Å². The number of rotatable bonds is 10. The zero-order valence-corrected chi connectivity index (χ0v) is 19.5. The summed E-state index contributed by atoms with van der Waals surface area (Å²) in [7, 11) is 0. The molecule has 0 aromatic heterocycles. The van der Waals surface area contributed by atoms with Gasteiger partial charge in [0.25, 0.3) is 0 Å². The van der Waals surface area contributed by atoms with Gasteiger partial charge in [0.05, 0.1) is 13.2 Å². The second-order valence-corrected chi connectivity index (χ2v) is 10.4. The zero-order valence-electron chi connectivity index (χ0n) is 19.5. The maximum absolute atomic E-state index is 5.93. The average molecular weight is 405 g/mol. The fraction of sp³-hybridized carbons (Fsp3) is 0.926. The van der Waals surface area contributed by atoms with Crippen molar-refractivity contribution in [1.29, 1.82) is 0 Å². The Morgan fingerprint density at radius 2 is 1.21 bits per heavy atom. The van der Waals surface area contributed by atoms with Crippen LogP contribution in [0.5, 0.6) is 0 Å². The van der Waals surface area contributed by atoms with E-state index in [0.717, 1.165) is 36.9 Å². The molecular weight excluding hydrogens is 356 g/mol. The first-order valence-electron chi connectivity index (χ1n) is 13.2. The van der Waals surface area contributed by atoms with Crippen LogP contribution in [0.4, 0.5) is 0 Å². The van der Waals surface area contributed by atoms with E-state index in [1.54, 1.807) is 0 Å². The summed E-state index contributed by atoms with van der Waals surface area (Å²) < 4.78 is 11.9. The molecule has 0 atom stereocenters. The highest BCUT2D eigenvalue weighted by Gasteiger charge is 2.30. The van der Waals surface area contributed by atoms with E-state index >= 15 is 0 Å². The van der Waals surface area contributed by atoms with Crippen LogP contribution in [-0.2, 0) is 9.47 Å². The van der Waals surface area contributed by atoms with Crippen molar-refractivity contribution in [3.8, 4) is 0 Å². The highest BCUT2D eigenvalue weighted by Crippen LogP contribution is 2.42. The molecule has 2 aliphatic carbocycles. The van der Waals surface area contributed by atoms with E-state index in [9.17, 15) is 0 Å². The molecule has 1 saturated heterocycles. The second kappa shape index (κ2) is 13.2. The summed E-state index contributed by atoms with van der Waals surface area (Å²) in [6.07, 6.45) is 25.9. The molecule has 1 heterocycles. The van der Waals surface area contributed by atoms with Crippen LogP contribution in [0, 0.1) is 29.6 Å². The Morgan fingerprint density at radius 1 is 0.621 bits per heavy atom. The van der Waals surface area contributed by atoms with Crippen molar-refractivity contribution in [2.24, 2.45) is 29.6 Å². The lowest BCUT2D eigenvalue weighted by molar-refractivity contribution is -0.175. The van der Waals surface area contributed by atoms with Crippen LogP contribution in [0.3, 0.4) is 0 Å². The molecule has 0 spiro atoms. The predicted octanol–water partition coefficient (Wildman–Crippen LogP) is 7.92. The third kappa shape index (κ3) is 8.02. The van der Waals surface area contributed by atoms with Crippen LogP contribution in [0.1, 0.15) is 110 Å². The normalized spacial score (nSPS) is 36.5. The summed E-state index contributed by atoms with van der Waals surface area (Å²) in [6, 6.07) is 0. The highest BCUT2D eigenvalue weighted by molar-refractivity contribution is 4.95. The van der Waals surface area contributed by atoms with Crippen molar-refractivity contribution in [1.82, 2.24) is 0 Å². The predicted molar refractivity (Wildman–Crippen MR) is 123 cm³/mol. The summed E-state index contributed by atoms with van der Waals surface area (Å²) >= 11 is 0. The number of allylic oxidation sites excluding steroid dienone is 1. The lowest BCUT2D eigenvalue weighted by atomic mass is 9.68. The summed E-state index contributed by atoms with van der Waals surface area (Å²) in [5.41, 5.74) is 0. The van der Waals surface area contributed by atoms with Crippen LogP contribution < -0.4 is 0 Å². The Labute approximate surface area is 181 Å². The molecule has 0 N–H and O–H groups in total. The molecule has 0 radical (unpaired) electrons. The van der Waals surface area contributed by atoms with E-state index in [1.807, 2.05) is 0 Å². The summed E-state index contributed by atoms with van der Waals surface area (Å²) in [6.45, 7) is 6.33. The smallest absolute Gasteiger partial charge is 0.176 e. The van der Waals surface area contributed by atoms with Crippen LogP contribution in [0.15, 0.2) is 12.2 Å². The molecule has 0 aromatic rings. The van der Waals surface area contributed by atoms with Gasteiger partial charge in [-0.3, -0.25) is 0 Å². The molecule has 2 saturated carbocycles. The Kier molecular flexibility index (Phi) is 10.6. The Morgan fingerprint density at radius 3 is 1.83 bits per heavy atom. The zero-order chi connectivity index (χ0) is 20.3. The fourth-order valence-electron chi connectivity index (χ4n) is 6.02. The van der Waals surface area contributed by atoms with Crippen molar-refractivity contribution < 1.29 is 9.47 Å². The second-order valence-electron chi connectivity index (χ2n) is 10.4. The first-order chi connectivity index (χ1) is 14.3. The van der Waals surface area contributed by atoms with E-state index in [-0.39, 0.29) is 6.29 Å². The van der Waals surface area contributed by atoms with Crippen LogP contribution >= 0.6 is 0 Å². The minimum Gasteiger partial charge on any atom is -0.349 e. The standard InChI is InChI=1S/C27H48O2/c1-3-5-7-9-22-10-15-25(16-11-22)26-17-12-23(13-18-26)14-19-27-28-20-24(21-29-27)8-6-4-2/h14,19,22-27H,3-13,15-18,20-21H2,1-2H3/b19-14+. The average Bonchev–Trinajstić information content (AvgIpc) is 2.78. The minimum atomic E-state index is -0.0893. The van der Waals surface area contributed by atoms with Crippen LogP contribution in [-0.4, -0.2) is 19.5 Å². The van der Waals surface area contributed by atoms with Gasteiger partial charge in [0.1, 0.15) is 0 Å². The van der Waals surface area contributed by atoms with E-state index in [1.165, 1.54) is 96.3 Å². The van der Waals surface area contributed by atoms with Crippen molar-refractivity contribution in [2.75, 3.05) is 13.2 Å². The molecular formula is C27H48O2.